The Morgan fingerprint density at radius 3 is 3.19 bits per heavy atom. The van der Waals surface area contributed by atoms with Gasteiger partial charge in [0.15, 0.2) is 0 Å². The number of halogens is 1. The van der Waals surface area contributed by atoms with Crippen LogP contribution >= 0.6 is 22.9 Å². The van der Waals surface area contributed by atoms with Crippen molar-refractivity contribution in [1.29, 1.82) is 0 Å². The third-order valence-corrected chi connectivity index (χ3v) is 4.39. The smallest absolute Gasteiger partial charge is 0.107 e. The van der Waals surface area contributed by atoms with Crippen molar-refractivity contribution in [2.45, 2.75) is 45.2 Å². The second-order valence-electron chi connectivity index (χ2n) is 4.48. The van der Waals surface area contributed by atoms with E-state index in [-0.39, 0.29) is 0 Å². The first-order chi connectivity index (χ1) is 7.79. The summed E-state index contributed by atoms with van der Waals surface area (Å²) in [6, 6.07) is 0.739. The number of aromatic nitrogens is 1. The third kappa shape index (κ3) is 3.19. The molecule has 1 aromatic heterocycles. The van der Waals surface area contributed by atoms with Gasteiger partial charge in [-0.2, -0.15) is 0 Å². The van der Waals surface area contributed by atoms with Crippen molar-refractivity contribution in [2.75, 3.05) is 12.4 Å². The molecular weight excluding hydrogens is 240 g/mol. The van der Waals surface area contributed by atoms with Gasteiger partial charge >= 0.3 is 0 Å². The Morgan fingerprint density at radius 2 is 2.50 bits per heavy atom. The van der Waals surface area contributed by atoms with E-state index < -0.39 is 0 Å². The molecule has 0 amide bonds. The van der Waals surface area contributed by atoms with E-state index in [9.17, 15) is 0 Å². The SMILES string of the molecule is Cc1csc(CN2CCCC2CCCCl)n1. The molecule has 0 radical (unpaired) electrons. The molecule has 2 nitrogen and oxygen atoms in total. The summed E-state index contributed by atoms with van der Waals surface area (Å²) in [4.78, 5) is 7.11. The topological polar surface area (TPSA) is 16.1 Å². The van der Waals surface area contributed by atoms with Crippen molar-refractivity contribution in [3.05, 3.63) is 16.1 Å². The first kappa shape index (κ1) is 12.3. The molecule has 1 aliphatic rings. The first-order valence-electron chi connectivity index (χ1n) is 6.00. The van der Waals surface area contributed by atoms with Crippen LogP contribution < -0.4 is 0 Å². The van der Waals surface area contributed by atoms with Crippen LogP contribution in [-0.2, 0) is 6.54 Å². The van der Waals surface area contributed by atoms with Crippen molar-refractivity contribution < 1.29 is 0 Å². The lowest BCUT2D eigenvalue weighted by Gasteiger charge is -2.22. The van der Waals surface area contributed by atoms with Crippen molar-refractivity contribution in [1.82, 2.24) is 9.88 Å². The monoisotopic (exact) mass is 258 g/mol. The number of hydrogen-bond donors (Lipinski definition) is 0. The summed E-state index contributed by atoms with van der Waals surface area (Å²) >= 11 is 7.55. The maximum absolute atomic E-state index is 5.76. The van der Waals surface area contributed by atoms with Gasteiger partial charge in [-0.15, -0.1) is 22.9 Å². The largest absolute Gasteiger partial charge is 0.294 e. The van der Waals surface area contributed by atoms with Crippen LogP contribution in [0.4, 0.5) is 0 Å². The quantitative estimate of drug-likeness (QED) is 0.753. The molecule has 0 aliphatic carbocycles. The Labute approximate surface area is 107 Å². The highest BCUT2D eigenvalue weighted by Gasteiger charge is 2.24. The second-order valence-corrected chi connectivity index (χ2v) is 5.80. The Bertz CT molecular complexity index is 327. The Hall–Kier alpha value is -0.120. The predicted molar refractivity (Wildman–Crippen MR) is 70.2 cm³/mol. The lowest BCUT2D eigenvalue weighted by molar-refractivity contribution is 0.233. The van der Waals surface area contributed by atoms with Gasteiger partial charge in [-0.25, -0.2) is 4.98 Å². The van der Waals surface area contributed by atoms with Gasteiger partial charge in [0.1, 0.15) is 5.01 Å². The number of likely N-dealkylation sites (tertiary alicyclic amines) is 1. The molecule has 1 aromatic rings. The average Bonchev–Trinajstić information content (AvgIpc) is 2.86. The minimum absolute atomic E-state index is 0.739. The zero-order valence-corrected chi connectivity index (χ0v) is 11.4. The van der Waals surface area contributed by atoms with Gasteiger partial charge in [-0.1, -0.05) is 0 Å². The molecule has 0 aromatic carbocycles. The molecule has 0 N–H and O–H groups in total. The fraction of sp³-hybridized carbons (Fsp3) is 0.750. The molecule has 0 saturated carbocycles. The van der Waals surface area contributed by atoms with Gasteiger partial charge in [0.05, 0.1) is 6.54 Å². The number of thiazole rings is 1. The van der Waals surface area contributed by atoms with E-state index in [1.54, 1.807) is 11.3 Å². The fourth-order valence-electron chi connectivity index (χ4n) is 2.39. The molecule has 1 saturated heterocycles. The van der Waals surface area contributed by atoms with Crippen LogP contribution in [0.1, 0.15) is 36.4 Å². The van der Waals surface area contributed by atoms with E-state index >= 15 is 0 Å². The minimum Gasteiger partial charge on any atom is -0.294 e. The lowest BCUT2D eigenvalue weighted by atomic mass is 10.1. The predicted octanol–water partition coefficient (Wildman–Crippen LogP) is 3.43. The lowest BCUT2D eigenvalue weighted by Crippen LogP contribution is -2.28. The van der Waals surface area contributed by atoms with Gasteiger partial charge in [-0.05, 0) is 39.2 Å². The second kappa shape index (κ2) is 5.99. The van der Waals surface area contributed by atoms with Crippen LogP contribution in [0.25, 0.3) is 0 Å². The molecule has 1 aliphatic heterocycles. The Kier molecular flexibility index (Phi) is 4.62. The molecule has 1 atom stereocenters. The van der Waals surface area contributed by atoms with E-state index in [4.69, 9.17) is 11.6 Å². The number of rotatable bonds is 5. The highest BCUT2D eigenvalue weighted by atomic mass is 35.5. The van der Waals surface area contributed by atoms with E-state index in [2.05, 4.69) is 22.2 Å². The van der Waals surface area contributed by atoms with Crippen LogP contribution in [0.5, 0.6) is 0 Å². The van der Waals surface area contributed by atoms with Crippen LogP contribution in [0.15, 0.2) is 5.38 Å². The Morgan fingerprint density at radius 1 is 1.62 bits per heavy atom. The zero-order valence-electron chi connectivity index (χ0n) is 9.79. The molecule has 90 valence electrons. The van der Waals surface area contributed by atoms with Gasteiger partial charge in [0.25, 0.3) is 0 Å². The van der Waals surface area contributed by atoms with E-state index in [0.29, 0.717) is 0 Å². The molecule has 1 fully saturated rings. The minimum atomic E-state index is 0.739. The summed E-state index contributed by atoms with van der Waals surface area (Å²) in [5.74, 6) is 0.792. The maximum Gasteiger partial charge on any atom is 0.107 e. The van der Waals surface area contributed by atoms with E-state index in [1.165, 1.54) is 30.8 Å². The van der Waals surface area contributed by atoms with Crippen molar-refractivity contribution in [2.24, 2.45) is 0 Å². The van der Waals surface area contributed by atoms with Gasteiger partial charge < -0.3 is 0 Å². The molecule has 1 unspecified atom stereocenters. The summed E-state index contributed by atoms with van der Waals surface area (Å²) in [7, 11) is 0. The van der Waals surface area contributed by atoms with E-state index in [1.807, 2.05) is 0 Å². The highest BCUT2D eigenvalue weighted by Crippen LogP contribution is 2.24. The summed E-state index contributed by atoms with van der Waals surface area (Å²) in [6.07, 6.45) is 5.05. The van der Waals surface area contributed by atoms with Crippen LogP contribution in [-0.4, -0.2) is 28.4 Å². The molecule has 4 heteroatoms. The van der Waals surface area contributed by atoms with E-state index in [0.717, 1.165) is 30.6 Å². The molecule has 0 spiro atoms. The zero-order chi connectivity index (χ0) is 11.4. The van der Waals surface area contributed by atoms with Gasteiger partial charge in [-0.3, -0.25) is 4.90 Å². The van der Waals surface area contributed by atoms with Gasteiger partial charge in [0.2, 0.25) is 0 Å². The standard InChI is InChI=1S/C12H19ClN2S/c1-10-9-16-12(14-10)8-15-7-3-5-11(15)4-2-6-13/h9,11H,2-8H2,1H3. The van der Waals surface area contributed by atoms with Crippen LogP contribution in [0.2, 0.25) is 0 Å². The van der Waals surface area contributed by atoms with Crippen molar-refractivity contribution in [3.63, 3.8) is 0 Å². The average molecular weight is 259 g/mol. The summed E-state index contributed by atoms with van der Waals surface area (Å²) in [5.41, 5.74) is 1.15. The van der Waals surface area contributed by atoms with Gasteiger partial charge in [0, 0.05) is 23.0 Å². The third-order valence-electron chi connectivity index (χ3n) is 3.17. The Balaban J connectivity index is 1.88. The molecule has 16 heavy (non-hydrogen) atoms. The maximum atomic E-state index is 5.76. The number of hydrogen-bond acceptors (Lipinski definition) is 3. The number of alkyl halides is 1. The highest BCUT2D eigenvalue weighted by molar-refractivity contribution is 7.09. The molecule has 0 bridgehead atoms. The molecular formula is C12H19ClN2S. The number of aryl methyl sites for hydroxylation is 1. The van der Waals surface area contributed by atoms with Crippen LogP contribution in [0.3, 0.4) is 0 Å². The number of nitrogens with zero attached hydrogens (tertiary/aromatic N) is 2. The molecule has 2 rings (SSSR count). The first-order valence-corrected chi connectivity index (χ1v) is 7.42. The summed E-state index contributed by atoms with van der Waals surface area (Å²) in [6.45, 7) is 4.33. The summed E-state index contributed by atoms with van der Waals surface area (Å²) < 4.78 is 0. The van der Waals surface area contributed by atoms with Crippen molar-refractivity contribution in [3.8, 4) is 0 Å². The molecule has 2 heterocycles. The normalized spacial score (nSPS) is 21.8. The summed E-state index contributed by atoms with van der Waals surface area (Å²) in [5, 5.41) is 3.40. The van der Waals surface area contributed by atoms with Crippen molar-refractivity contribution >= 4 is 22.9 Å². The van der Waals surface area contributed by atoms with Crippen LogP contribution in [0, 0.1) is 6.92 Å². The fourth-order valence-corrected chi connectivity index (χ4v) is 3.34.